The third-order valence-electron chi connectivity index (χ3n) is 5.88. The fourth-order valence-electron chi connectivity index (χ4n) is 4.51. The summed E-state index contributed by atoms with van der Waals surface area (Å²) in [6.07, 6.45) is 0. The van der Waals surface area contributed by atoms with Crippen molar-refractivity contribution >= 4 is 49.3 Å². The first-order valence-corrected chi connectivity index (χ1v) is 9.91. The fraction of sp³-hybridized carbons (Fsp3) is 0. The second kappa shape index (κ2) is 6.19. The zero-order chi connectivity index (χ0) is 20.2. The Labute approximate surface area is 172 Å². The van der Waals surface area contributed by atoms with Crippen LogP contribution in [0.1, 0.15) is 5.56 Å². The molecule has 0 spiro atoms. The van der Waals surface area contributed by atoms with E-state index in [-0.39, 0.29) is 5.84 Å². The number of hydrogen-bond donors (Lipinski definition) is 2. The van der Waals surface area contributed by atoms with E-state index < -0.39 is 0 Å². The van der Waals surface area contributed by atoms with Crippen molar-refractivity contribution in [3.63, 3.8) is 0 Å². The standard InChI is InChI=1S/C27H18N2O/c28-27(29)22-9-4-10-25-26(22)23-15-17(12-14-24(23)30-25)19-7-3-8-20-18-6-2-1-5-16(18)11-13-21(19)20/h1-15H,(H3,28,29). The van der Waals surface area contributed by atoms with Crippen molar-refractivity contribution in [2.24, 2.45) is 5.73 Å². The molecule has 6 rings (SSSR count). The van der Waals surface area contributed by atoms with Crippen molar-refractivity contribution in [1.82, 2.24) is 0 Å². The Bertz CT molecular complexity index is 1620. The van der Waals surface area contributed by atoms with Crippen molar-refractivity contribution in [3.8, 4) is 11.1 Å². The third kappa shape index (κ3) is 2.36. The summed E-state index contributed by atoms with van der Waals surface area (Å²) in [5.41, 5.74) is 10.4. The predicted octanol–water partition coefficient (Wildman–Crippen LogP) is 6.84. The molecule has 0 radical (unpaired) electrons. The molecular weight excluding hydrogens is 368 g/mol. The maximum Gasteiger partial charge on any atom is 0.136 e. The Morgan fingerprint density at radius 3 is 2.40 bits per heavy atom. The highest BCUT2D eigenvalue weighted by molar-refractivity contribution is 6.18. The Hall–Kier alpha value is -4.11. The second-order valence-corrected chi connectivity index (χ2v) is 7.59. The minimum Gasteiger partial charge on any atom is -0.456 e. The summed E-state index contributed by atoms with van der Waals surface area (Å²) in [5, 5.41) is 14.8. The van der Waals surface area contributed by atoms with Gasteiger partial charge in [-0.1, -0.05) is 72.8 Å². The molecule has 0 aliphatic heterocycles. The average molecular weight is 386 g/mol. The molecule has 0 aliphatic carbocycles. The number of nitrogen functional groups attached to an aromatic ring is 1. The van der Waals surface area contributed by atoms with Crippen LogP contribution in [0, 0.1) is 5.41 Å². The molecule has 3 nitrogen and oxygen atoms in total. The van der Waals surface area contributed by atoms with Gasteiger partial charge in [0.15, 0.2) is 0 Å². The van der Waals surface area contributed by atoms with E-state index in [1.807, 2.05) is 24.3 Å². The Balaban J connectivity index is 1.67. The first-order chi connectivity index (χ1) is 14.7. The van der Waals surface area contributed by atoms with Crippen LogP contribution in [-0.4, -0.2) is 5.84 Å². The SMILES string of the molecule is N=C(N)c1cccc2oc3ccc(-c4cccc5c4ccc4ccccc45)cc3c12. The van der Waals surface area contributed by atoms with Gasteiger partial charge in [-0.25, -0.2) is 0 Å². The Kier molecular flexibility index (Phi) is 3.47. The molecule has 0 atom stereocenters. The number of rotatable bonds is 2. The van der Waals surface area contributed by atoms with Gasteiger partial charge in [-0.05, 0) is 50.9 Å². The fourth-order valence-corrected chi connectivity index (χ4v) is 4.51. The van der Waals surface area contributed by atoms with Crippen LogP contribution in [-0.2, 0) is 0 Å². The number of fused-ring (bicyclic) bond motifs is 6. The van der Waals surface area contributed by atoms with Crippen LogP contribution in [0.2, 0.25) is 0 Å². The lowest BCUT2D eigenvalue weighted by atomic mass is 9.94. The van der Waals surface area contributed by atoms with Gasteiger partial charge in [-0.3, -0.25) is 5.41 Å². The van der Waals surface area contributed by atoms with Crippen molar-refractivity contribution < 1.29 is 4.42 Å². The van der Waals surface area contributed by atoms with Crippen molar-refractivity contribution in [2.45, 2.75) is 0 Å². The van der Waals surface area contributed by atoms with E-state index in [0.717, 1.165) is 27.5 Å². The minimum absolute atomic E-state index is 0.0466. The lowest BCUT2D eigenvalue weighted by Gasteiger charge is -2.10. The molecule has 6 aromatic rings. The highest BCUT2D eigenvalue weighted by Crippen LogP contribution is 2.37. The first kappa shape index (κ1) is 16.8. The van der Waals surface area contributed by atoms with E-state index in [9.17, 15) is 0 Å². The minimum atomic E-state index is 0.0466. The number of hydrogen-bond acceptors (Lipinski definition) is 2. The van der Waals surface area contributed by atoms with Gasteiger partial charge in [0, 0.05) is 16.3 Å². The summed E-state index contributed by atoms with van der Waals surface area (Å²) < 4.78 is 6.03. The highest BCUT2D eigenvalue weighted by atomic mass is 16.3. The molecule has 0 aliphatic rings. The zero-order valence-electron chi connectivity index (χ0n) is 16.1. The van der Waals surface area contributed by atoms with Crippen LogP contribution in [0.15, 0.2) is 95.4 Å². The predicted molar refractivity (Wildman–Crippen MR) is 125 cm³/mol. The monoisotopic (exact) mass is 386 g/mol. The van der Waals surface area contributed by atoms with Crippen molar-refractivity contribution in [3.05, 3.63) is 96.6 Å². The molecule has 142 valence electrons. The van der Waals surface area contributed by atoms with E-state index in [1.165, 1.54) is 27.1 Å². The van der Waals surface area contributed by atoms with Crippen molar-refractivity contribution in [2.75, 3.05) is 0 Å². The van der Waals surface area contributed by atoms with Gasteiger partial charge in [0.2, 0.25) is 0 Å². The topological polar surface area (TPSA) is 63.0 Å². The highest BCUT2D eigenvalue weighted by Gasteiger charge is 2.14. The Morgan fingerprint density at radius 2 is 1.50 bits per heavy atom. The lowest BCUT2D eigenvalue weighted by Crippen LogP contribution is -2.11. The van der Waals surface area contributed by atoms with Crippen LogP contribution < -0.4 is 5.73 Å². The van der Waals surface area contributed by atoms with Crippen LogP contribution in [0.25, 0.3) is 54.6 Å². The summed E-state index contributed by atoms with van der Waals surface area (Å²) >= 11 is 0. The molecule has 0 amide bonds. The number of benzene rings is 5. The van der Waals surface area contributed by atoms with Gasteiger partial charge < -0.3 is 10.2 Å². The Morgan fingerprint density at radius 1 is 0.667 bits per heavy atom. The average Bonchev–Trinajstić information content (AvgIpc) is 3.16. The molecule has 0 bridgehead atoms. The summed E-state index contributed by atoms with van der Waals surface area (Å²) in [7, 11) is 0. The molecule has 0 saturated carbocycles. The summed E-state index contributed by atoms with van der Waals surface area (Å²) in [5.74, 6) is 0.0466. The summed E-state index contributed by atoms with van der Waals surface area (Å²) in [4.78, 5) is 0. The molecular formula is C27H18N2O. The number of furan rings is 1. The molecule has 0 saturated heterocycles. The maximum absolute atomic E-state index is 7.97. The molecule has 3 N–H and O–H groups in total. The largest absolute Gasteiger partial charge is 0.456 e. The van der Waals surface area contributed by atoms with Gasteiger partial charge >= 0.3 is 0 Å². The summed E-state index contributed by atoms with van der Waals surface area (Å²) in [6.45, 7) is 0. The maximum atomic E-state index is 7.97. The van der Waals surface area contributed by atoms with E-state index in [0.29, 0.717) is 5.56 Å². The van der Waals surface area contributed by atoms with Gasteiger partial charge in [0.25, 0.3) is 0 Å². The lowest BCUT2D eigenvalue weighted by molar-refractivity contribution is 0.669. The smallest absolute Gasteiger partial charge is 0.136 e. The van der Waals surface area contributed by atoms with Gasteiger partial charge in [-0.2, -0.15) is 0 Å². The molecule has 5 aromatic carbocycles. The van der Waals surface area contributed by atoms with Crippen molar-refractivity contribution in [1.29, 1.82) is 5.41 Å². The van der Waals surface area contributed by atoms with E-state index >= 15 is 0 Å². The van der Waals surface area contributed by atoms with Gasteiger partial charge in [0.05, 0.1) is 0 Å². The van der Waals surface area contributed by atoms with E-state index in [4.69, 9.17) is 15.6 Å². The molecule has 30 heavy (non-hydrogen) atoms. The number of nitrogens with one attached hydrogen (secondary N) is 1. The van der Waals surface area contributed by atoms with Crippen LogP contribution in [0.3, 0.4) is 0 Å². The molecule has 1 heterocycles. The van der Waals surface area contributed by atoms with Crippen LogP contribution in [0.4, 0.5) is 0 Å². The normalized spacial score (nSPS) is 11.6. The molecule has 0 fully saturated rings. The number of nitrogens with two attached hydrogens (primary N) is 1. The van der Waals surface area contributed by atoms with Crippen LogP contribution in [0.5, 0.6) is 0 Å². The third-order valence-corrected chi connectivity index (χ3v) is 5.88. The molecule has 3 heteroatoms. The zero-order valence-corrected chi connectivity index (χ0v) is 16.1. The second-order valence-electron chi connectivity index (χ2n) is 7.59. The first-order valence-electron chi connectivity index (χ1n) is 9.91. The quantitative estimate of drug-likeness (QED) is 0.194. The summed E-state index contributed by atoms with van der Waals surface area (Å²) in [6, 6.07) is 31.2. The number of amidine groups is 1. The molecule has 1 aromatic heterocycles. The van der Waals surface area contributed by atoms with Crippen LogP contribution >= 0.6 is 0 Å². The van der Waals surface area contributed by atoms with E-state index in [1.54, 1.807) is 0 Å². The molecule has 0 unspecified atom stereocenters. The van der Waals surface area contributed by atoms with Gasteiger partial charge in [0.1, 0.15) is 17.0 Å². The van der Waals surface area contributed by atoms with Gasteiger partial charge in [-0.15, -0.1) is 0 Å². The van der Waals surface area contributed by atoms with E-state index in [2.05, 4.69) is 66.7 Å².